The summed E-state index contributed by atoms with van der Waals surface area (Å²) in [6.45, 7) is 5.66. The third-order valence-electron chi connectivity index (χ3n) is 6.31. The van der Waals surface area contributed by atoms with E-state index in [0.717, 1.165) is 16.7 Å². The maximum atomic E-state index is 13.9. The van der Waals surface area contributed by atoms with Gasteiger partial charge in [0, 0.05) is 23.6 Å². The Bertz CT molecular complexity index is 1480. The minimum absolute atomic E-state index is 0.0373. The van der Waals surface area contributed by atoms with Crippen LogP contribution in [0.25, 0.3) is 10.6 Å². The molecule has 1 unspecified atom stereocenters. The van der Waals surface area contributed by atoms with E-state index in [0.29, 0.717) is 26.8 Å². The number of Topliss-reactive ketones (excluding diaryl/α,β-unsaturated/α-hetero) is 1. The molecule has 5 rings (SSSR count). The molecule has 3 heterocycles. The van der Waals surface area contributed by atoms with Crippen LogP contribution in [-0.4, -0.2) is 26.8 Å². The van der Waals surface area contributed by atoms with Gasteiger partial charge in [-0.15, -0.1) is 11.3 Å². The van der Waals surface area contributed by atoms with Crippen LogP contribution in [-0.2, 0) is 4.79 Å². The van der Waals surface area contributed by atoms with Gasteiger partial charge in [-0.1, -0.05) is 48.5 Å². The molecule has 174 valence electrons. The molecule has 0 saturated heterocycles. The number of nitrogens with zero attached hydrogens (tertiary/aromatic N) is 3. The van der Waals surface area contributed by atoms with E-state index < -0.39 is 23.5 Å². The Hall–Kier alpha value is -4.10. The van der Waals surface area contributed by atoms with Crippen LogP contribution in [0.1, 0.15) is 38.1 Å². The summed E-state index contributed by atoms with van der Waals surface area (Å²) in [5.74, 6) is -1.56. The second kappa shape index (κ2) is 8.92. The summed E-state index contributed by atoms with van der Waals surface area (Å²) in [6.07, 6.45) is 3.25. The van der Waals surface area contributed by atoms with E-state index in [2.05, 4.69) is 9.97 Å². The van der Waals surface area contributed by atoms with Crippen molar-refractivity contribution in [3.63, 3.8) is 0 Å². The molecule has 0 aliphatic carbocycles. The first-order valence-electron chi connectivity index (χ1n) is 11.2. The van der Waals surface area contributed by atoms with Crippen molar-refractivity contribution in [2.75, 3.05) is 4.90 Å². The van der Waals surface area contributed by atoms with Gasteiger partial charge in [-0.25, -0.2) is 4.98 Å². The number of hydrogen-bond acceptors (Lipinski definition) is 6. The first-order valence-corrected chi connectivity index (χ1v) is 12.0. The van der Waals surface area contributed by atoms with Crippen LogP contribution in [0.5, 0.6) is 0 Å². The summed E-state index contributed by atoms with van der Waals surface area (Å²) in [4.78, 5) is 38.1. The second-order valence-electron chi connectivity index (χ2n) is 8.47. The van der Waals surface area contributed by atoms with E-state index in [-0.39, 0.29) is 5.57 Å². The molecule has 0 fully saturated rings. The molecule has 0 saturated carbocycles. The van der Waals surface area contributed by atoms with Crippen molar-refractivity contribution in [3.05, 3.63) is 112 Å². The van der Waals surface area contributed by atoms with Crippen LogP contribution in [0, 0.1) is 20.8 Å². The predicted octanol–water partition coefficient (Wildman–Crippen LogP) is 5.91. The summed E-state index contributed by atoms with van der Waals surface area (Å²) in [7, 11) is 0. The molecule has 4 aromatic rings. The molecule has 1 amide bonds. The van der Waals surface area contributed by atoms with Gasteiger partial charge in [-0.3, -0.25) is 19.5 Å². The normalized spacial score (nSPS) is 15.7. The number of amides is 1. The molecule has 2 aromatic carbocycles. The number of anilines is 1. The first kappa shape index (κ1) is 22.7. The number of aryl methyl sites for hydroxylation is 2. The van der Waals surface area contributed by atoms with Gasteiger partial charge in [0.25, 0.3) is 5.91 Å². The van der Waals surface area contributed by atoms with Crippen LogP contribution in [0.2, 0.25) is 0 Å². The molecule has 2 aromatic heterocycles. The lowest BCUT2D eigenvalue weighted by molar-refractivity contribution is -0.117. The lowest BCUT2D eigenvalue weighted by Crippen LogP contribution is -2.31. The number of rotatable bonds is 5. The number of aliphatic hydroxyl groups is 1. The van der Waals surface area contributed by atoms with E-state index in [1.807, 2.05) is 68.4 Å². The van der Waals surface area contributed by atoms with E-state index in [9.17, 15) is 14.7 Å². The molecule has 0 radical (unpaired) electrons. The fourth-order valence-corrected chi connectivity index (χ4v) is 5.39. The fraction of sp³-hybridized carbons (Fsp3) is 0.143. The quantitative estimate of drug-likeness (QED) is 0.358. The Morgan fingerprint density at radius 1 is 1.00 bits per heavy atom. The van der Waals surface area contributed by atoms with Gasteiger partial charge in [0.1, 0.15) is 5.01 Å². The van der Waals surface area contributed by atoms with Crippen molar-refractivity contribution >= 4 is 28.7 Å². The maximum absolute atomic E-state index is 13.9. The van der Waals surface area contributed by atoms with E-state index in [1.54, 1.807) is 25.4 Å². The average Bonchev–Trinajstić information content (AvgIpc) is 3.39. The van der Waals surface area contributed by atoms with Gasteiger partial charge < -0.3 is 5.11 Å². The number of ketones is 1. The largest absolute Gasteiger partial charge is 0.503 e. The van der Waals surface area contributed by atoms with Crippen molar-refractivity contribution in [1.29, 1.82) is 0 Å². The van der Waals surface area contributed by atoms with E-state index >= 15 is 0 Å². The standard InChI is InChI=1S/C28H23N3O3S/c1-16-9-7-13-21(17(16)2)31-23(20-12-8-14-29-15-20)22(25(33)28(31)34)24(32)26-18(3)30-27(35-26)19-10-5-4-6-11-19/h4-15,23,33H,1-3H3. The molecular weight excluding hydrogens is 458 g/mol. The zero-order valence-corrected chi connectivity index (χ0v) is 20.3. The van der Waals surface area contributed by atoms with Crippen molar-refractivity contribution in [1.82, 2.24) is 9.97 Å². The number of thiazole rings is 1. The molecule has 35 heavy (non-hydrogen) atoms. The summed E-state index contributed by atoms with van der Waals surface area (Å²) in [6, 6.07) is 18.0. The van der Waals surface area contributed by atoms with Crippen molar-refractivity contribution in [2.24, 2.45) is 0 Å². The summed E-state index contributed by atoms with van der Waals surface area (Å²) < 4.78 is 0. The van der Waals surface area contributed by atoms with Gasteiger partial charge in [-0.05, 0) is 49.6 Å². The molecule has 6 nitrogen and oxygen atoms in total. The molecule has 1 aliphatic heterocycles. The molecule has 0 spiro atoms. The molecule has 1 N–H and O–H groups in total. The Balaban J connectivity index is 1.65. The Morgan fingerprint density at radius 2 is 1.77 bits per heavy atom. The summed E-state index contributed by atoms with van der Waals surface area (Å²) in [5.41, 5.74) is 4.68. The second-order valence-corrected chi connectivity index (χ2v) is 9.47. The number of pyridine rings is 1. The molecule has 7 heteroatoms. The molecular formula is C28H23N3O3S. The molecule has 1 aliphatic rings. The number of carbonyl (C=O) groups excluding carboxylic acids is 2. The van der Waals surface area contributed by atoms with Crippen LogP contribution in [0.15, 0.2) is 84.4 Å². The number of hydrogen-bond donors (Lipinski definition) is 1. The smallest absolute Gasteiger partial charge is 0.294 e. The summed E-state index contributed by atoms with van der Waals surface area (Å²) in [5, 5.41) is 11.8. The lowest BCUT2D eigenvalue weighted by Gasteiger charge is -2.28. The van der Waals surface area contributed by atoms with E-state index in [4.69, 9.17) is 0 Å². The average molecular weight is 482 g/mol. The zero-order valence-electron chi connectivity index (χ0n) is 19.5. The van der Waals surface area contributed by atoms with E-state index in [1.165, 1.54) is 16.2 Å². The lowest BCUT2D eigenvalue weighted by atomic mass is 9.95. The van der Waals surface area contributed by atoms with Crippen molar-refractivity contribution in [2.45, 2.75) is 26.8 Å². The van der Waals surface area contributed by atoms with Gasteiger partial charge in [0.15, 0.2) is 5.76 Å². The van der Waals surface area contributed by atoms with Crippen LogP contribution in [0.3, 0.4) is 0 Å². The highest BCUT2D eigenvalue weighted by molar-refractivity contribution is 7.17. The topological polar surface area (TPSA) is 83.4 Å². The molecule has 0 bridgehead atoms. The number of aliphatic hydroxyl groups excluding tert-OH is 1. The fourth-order valence-electron chi connectivity index (χ4n) is 4.37. The minimum atomic E-state index is -0.814. The monoisotopic (exact) mass is 481 g/mol. The third kappa shape index (κ3) is 3.84. The highest BCUT2D eigenvalue weighted by Gasteiger charge is 2.46. The van der Waals surface area contributed by atoms with Crippen LogP contribution in [0.4, 0.5) is 5.69 Å². The summed E-state index contributed by atoms with van der Waals surface area (Å²) >= 11 is 1.26. The molecule has 1 atom stereocenters. The highest BCUT2D eigenvalue weighted by Crippen LogP contribution is 2.44. The number of aromatic nitrogens is 2. The van der Waals surface area contributed by atoms with Gasteiger partial charge in [0.05, 0.1) is 22.2 Å². The Morgan fingerprint density at radius 3 is 2.49 bits per heavy atom. The van der Waals surface area contributed by atoms with Gasteiger partial charge >= 0.3 is 0 Å². The van der Waals surface area contributed by atoms with Gasteiger partial charge in [0.2, 0.25) is 5.78 Å². The minimum Gasteiger partial charge on any atom is -0.503 e. The SMILES string of the molecule is Cc1cccc(N2C(=O)C(O)=C(C(=O)c3sc(-c4ccccc4)nc3C)C2c2cccnc2)c1C. The Labute approximate surface area is 207 Å². The Kier molecular flexibility index (Phi) is 5.78. The van der Waals surface area contributed by atoms with Crippen LogP contribution < -0.4 is 4.90 Å². The number of carbonyl (C=O) groups is 2. The number of benzene rings is 2. The van der Waals surface area contributed by atoms with Crippen molar-refractivity contribution < 1.29 is 14.7 Å². The van der Waals surface area contributed by atoms with Crippen molar-refractivity contribution in [3.8, 4) is 10.6 Å². The zero-order chi connectivity index (χ0) is 24.7. The maximum Gasteiger partial charge on any atom is 0.294 e. The highest BCUT2D eigenvalue weighted by atomic mass is 32.1. The predicted molar refractivity (Wildman–Crippen MR) is 137 cm³/mol. The van der Waals surface area contributed by atoms with Gasteiger partial charge in [-0.2, -0.15) is 0 Å². The third-order valence-corrected chi connectivity index (χ3v) is 7.52. The first-order chi connectivity index (χ1) is 16.9. The van der Waals surface area contributed by atoms with Crippen LogP contribution >= 0.6 is 11.3 Å².